The lowest BCUT2D eigenvalue weighted by molar-refractivity contribution is -0.562. The highest BCUT2D eigenvalue weighted by Crippen LogP contribution is 2.17. The maximum absolute atomic E-state index is 10.4. The van der Waals surface area contributed by atoms with E-state index in [0.717, 1.165) is 6.29 Å². The zero-order valence-electron chi connectivity index (χ0n) is 7.03. The fraction of sp³-hybridized carbons (Fsp3) is 0.857. The molecule has 0 radical (unpaired) electrons. The Bertz CT molecular complexity index is 165. The van der Waals surface area contributed by atoms with Gasteiger partial charge in [0.1, 0.15) is 6.29 Å². The molecule has 0 aromatic carbocycles. The molecule has 4 heteroatoms. The minimum absolute atomic E-state index is 0.240. The number of hydrogen-bond acceptors (Lipinski definition) is 3. The second kappa shape index (κ2) is 3.46. The van der Waals surface area contributed by atoms with Gasteiger partial charge in [0.15, 0.2) is 0 Å². The van der Waals surface area contributed by atoms with E-state index in [-0.39, 0.29) is 10.8 Å². The van der Waals surface area contributed by atoms with Gasteiger partial charge < -0.3 is 4.79 Å². The van der Waals surface area contributed by atoms with Gasteiger partial charge in [0, 0.05) is 31.1 Å². The molecule has 0 aromatic rings. The van der Waals surface area contributed by atoms with Crippen LogP contribution in [0.4, 0.5) is 0 Å². The summed E-state index contributed by atoms with van der Waals surface area (Å²) in [5, 5.41) is 10.4. The highest BCUT2D eigenvalue weighted by Gasteiger charge is 2.32. The molecule has 1 atom stereocenters. The number of carbonyl (C=O) groups is 1. The first-order valence-corrected chi connectivity index (χ1v) is 3.50. The molecule has 0 rings (SSSR count). The third-order valence-electron chi connectivity index (χ3n) is 1.55. The van der Waals surface area contributed by atoms with Gasteiger partial charge in [-0.05, 0) is 0 Å². The monoisotopic (exact) mass is 159 g/mol. The number of carbonyl (C=O) groups excluding carboxylic acids is 1. The van der Waals surface area contributed by atoms with Gasteiger partial charge in [0.05, 0.1) is 0 Å². The van der Waals surface area contributed by atoms with Crippen molar-refractivity contribution in [3.63, 3.8) is 0 Å². The predicted molar refractivity (Wildman–Crippen MR) is 40.9 cm³/mol. The molecular formula is C7H13NO3. The molecule has 0 aliphatic heterocycles. The van der Waals surface area contributed by atoms with Crippen LogP contribution in [0, 0.1) is 16.0 Å². The average molecular weight is 159 g/mol. The van der Waals surface area contributed by atoms with E-state index in [4.69, 9.17) is 0 Å². The average Bonchev–Trinajstić information content (AvgIpc) is 1.86. The van der Waals surface area contributed by atoms with Crippen LogP contribution in [0.1, 0.15) is 27.2 Å². The minimum Gasteiger partial charge on any atom is -0.303 e. The molecule has 0 spiro atoms. The number of aldehydes is 1. The van der Waals surface area contributed by atoms with E-state index in [9.17, 15) is 14.9 Å². The second-order valence-electron chi connectivity index (χ2n) is 3.39. The standard InChI is InChI=1S/C7H13NO3/c1-6(5-9)4-7(2,3)8(10)11/h5-6H,4H2,1-3H3/t6-/m1/s1. The van der Waals surface area contributed by atoms with Crippen molar-refractivity contribution in [1.29, 1.82) is 0 Å². The first-order valence-electron chi connectivity index (χ1n) is 3.50. The van der Waals surface area contributed by atoms with Crippen molar-refractivity contribution >= 4 is 6.29 Å². The van der Waals surface area contributed by atoms with Gasteiger partial charge in [0.25, 0.3) is 0 Å². The summed E-state index contributed by atoms with van der Waals surface area (Å²) in [5.74, 6) is -0.240. The summed E-state index contributed by atoms with van der Waals surface area (Å²) in [5.41, 5.74) is -0.986. The van der Waals surface area contributed by atoms with E-state index in [2.05, 4.69) is 0 Å². The summed E-state index contributed by atoms with van der Waals surface area (Å²) in [6.45, 7) is 4.72. The Hall–Kier alpha value is -0.930. The third-order valence-corrected chi connectivity index (χ3v) is 1.55. The van der Waals surface area contributed by atoms with E-state index >= 15 is 0 Å². The lowest BCUT2D eigenvalue weighted by atomic mass is 9.93. The molecule has 0 bridgehead atoms. The molecule has 0 N–H and O–H groups in total. The van der Waals surface area contributed by atoms with Crippen molar-refractivity contribution in [2.24, 2.45) is 5.92 Å². The van der Waals surface area contributed by atoms with Crippen molar-refractivity contribution in [2.75, 3.05) is 0 Å². The van der Waals surface area contributed by atoms with Crippen molar-refractivity contribution in [2.45, 2.75) is 32.7 Å². The van der Waals surface area contributed by atoms with E-state index in [0.29, 0.717) is 6.42 Å². The molecule has 4 nitrogen and oxygen atoms in total. The summed E-state index contributed by atoms with van der Waals surface area (Å²) in [6.07, 6.45) is 1.04. The van der Waals surface area contributed by atoms with Crippen molar-refractivity contribution in [3.8, 4) is 0 Å². The summed E-state index contributed by atoms with van der Waals surface area (Å²) in [6, 6.07) is 0. The van der Waals surface area contributed by atoms with E-state index < -0.39 is 5.54 Å². The molecule has 0 saturated heterocycles. The molecular weight excluding hydrogens is 146 g/mol. The summed E-state index contributed by atoms with van der Waals surface area (Å²) in [7, 11) is 0. The molecule has 0 aliphatic carbocycles. The van der Waals surface area contributed by atoms with Crippen LogP contribution in [0.3, 0.4) is 0 Å². The predicted octanol–water partition coefficient (Wildman–Crippen LogP) is 1.27. The van der Waals surface area contributed by atoms with Gasteiger partial charge in [0.2, 0.25) is 5.54 Å². The first-order chi connectivity index (χ1) is 4.90. The van der Waals surface area contributed by atoms with E-state index in [1.807, 2.05) is 0 Å². The van der Waals surface area contributed by atoms with Crippen LogP contribution in [0.25, 0.3) is 0 Å². The smallest absolute Gasteiger partial charge is 0.217 e. The van der Waals surface area contributed by atoms with Gasteiger partial charge in [-0.2, -0.15) is 0 Å². The molecule has 0 heterocycles. The van der Waals surface area contributed by atoms with Crippen molar-refractivity contribution in [3.05, 3.63) is 10.1 Å². The fourth-order valence-electron chi connectivity index (χ4n) is 0.911. The largest absolute Gasteiger partial charge is 0.303 e. The van der Waals surface area contributed by atoms with Crippen molar-refractivity contribution in [1.82, 2.24) is 0 Å². The van der Waals surface area contributed by atoms with Crippen molar-refractivity contribution < 1.29 is 9.72 Å². The van der Waals surface area contributed by atoms with Crippen LogP contribution in [-0.2, 0) is 4.79 Å². The molecule has 11 heavy (non-hydrogen) atoms. The van der Waals surface area contributed by atoms with Crippen LogP contribution < -0.4 is 0 Å². The Balaban J connectivity index is 4.11. The topological polar surface area (TPSA) is 60.2 Å². The lowest BCUT2D eigenvalue weighted by Crippen LogP contribution is -2.33. The van der Waals surface area contributed by atoms with Crippen LogP contribution in [0.15, 0.2) is 0 Å². The molecule has 0 saturated carbocycles. The molecule has 0 fully saturated rings. The van der Waals surface area contributed by atoms with Crippen LogP contribution in [0.2, 0.25) is 0 Å². The number of nitrogens with zero attached hydrogens (tertiary/aromatic N) is 1. The SMILES string of the molecule is C[C@@H](C=O)CC(C)(C)[N+](=O)[O-]. The second-order valence-corrected chi connectivity index (χ2v) is 3.39. The summed E-state index contributed by atoms with van der Waals surface area (Å²) < 4.78 is 0. The van der Waals surface area contributed by atoms with Crippen LogP contribution in [-0.4, -0.2) is 16.7 Å². The number of nitro groups is 1. The Morgan fingerprint density at radius 1 is 1.64 bits per heavy atom. The zero-order chi connectivity index (χ0) is 9.07. The molecule has 0 amide bonds. The third kappa shape index (κ3) is 3.11. The van der Waals surface area contributed by atoms with E-state index in [1.165, 1.54) is 13.8 Å². The normalized spacial score (nSPS) is 14.1. The lowest BCUT2D eigenvalue weighted by Gasteiger charge is -2.16. The Labute approximate surface area is 65.7 Å². The highest BCUT2D eigenvalue weighted by atomic mass is 16.6. The van der Waals surface area contributed by atoms with Gasteiger partial charge in [-0.1, -0.05) is 6.92 Å². The Kier molecular flexibility index (Phi) is 3.17. The molecule has 0 aliphatic rings. The summed E-state index contributed by atoms with van der Waals surface area (Å²) in [4.78, 5) is 20.2. The fourth-order valence-corrected chi connectivity index (χ4v) is 0.911. The highest BCUT2D eigenvalue weighted by molar-refractivity contribution is 5.52. The quantitative estimate of drug-likeness (QED) is 0.352. The molecule has 0 aromatic heterocycles. The number of hydrogen-bond donors (Lipinski definition) is 0. The first kappa shape index (κ1) is 10.1. The Morgan fingerprint density at radius 3 is 2.36 bits per heavy atom. The maximum Gasteiger partial charge on any atom is 0.217 e. The van der Waals surface area contributed by atoms with Gasteiger partial charge >= 0.3 is 0 Å². The minimum atomic E-state index is -0.986. The Morgan fingerprint density at radius 2 is 2.09 bits per heavy atom. The molecule has 64 valence electrons. The number of rotatable bonds is 4. The van der Waals surface area contributed by atoms with Gasteiger partial charge in [-0.3, -0.25) is 10.1 Å². The van der Waals surface area contributed by atoms with Gasteiger partial charge in [-0.15, -0.1) is 0 Å². The van der Waals surface area contributed by atoms with Crippen LogP contribution >= 0.6 is 0 Å². The zero-order valence-corrected chi connectivity index (χ0v) is 7.03. The maximum atomic E-state index is 10.4. The van der Waals surface area contributed by atoms with Crippen LogP contribution in [0.5, 0.6) is 0 Å². The van der Waals surface area contributed by atoms with Gasteiger partial charge in [-0.25, -0.2) is 0 Å². The molecule has 0 unspecified atom stereocenters. The summed E-state index contributed by atoms with van der Waals surface area (Å²) >= 11 is 0. The van der Waals surface area contributed by atoms with E-state index in [1.54, 1.807) is 6.92 Å².